The molecule has 0 aromatic heterocycles. The zero-order chi connectivity index (χ0) is 14.4. The number of hydrogen-bond acceptors (Lipinski definition) is 3. The molecular weight excluding hydrogens is 313 g/mol. The molecule has 0 saturated carbocycles. The molecule has 0 atom stereocenters. The number of halogens is 2. The minimum absolute atomic E-state index is 0.690. The number of rotatable bonds is 5. The van der Waals surface area contributed by atoms with Crippen LogP contribution in [0.5, 0.6) is 0 Å². The van der Waals surface area contributed by atoms with E-state index in [0.717, 1.165) is 21.2 Å². The lowest BCUT2D eigenvalue weighted by Crippen LogP contribution is -2.05. The molecule has 5 heteroatoms. The van der Waals surface area contributed by atoms with Gasteiger partial charge in [0.05, 0.1) is 5.71 Å². The van der Waals surface area contributed by atoms with E-state index in [1.54, 1.807) is 18.9 Å². The molecule has 0 bridgehead atoms. The first-order valence-corrected chi connectivity index (χ1v) is 7.67. The fraction of sp³-hybridized carbons (Fsp3) is 0.133. The molecule has 20 heavy (non-hydrogen) atoms. The van der Waals surface area contributed by atoms with Crippen LogP contribution in [0.25, 0.3) is 0 Å². The van der Waals surface area contributed by atoms with Crippen molar-refractivity contribution in [3.63, 3.8) is 0 Å². The summed E-state index contributed by atoms with van der Waals surface area (Å²) in [5.74, 6) is 0.690. The highest BCUT2D eigenvalue weighted by molar-refractivity contribution is 8.00. The van der Waals surface area contributed by atoms with Gasteiger partial charge in [-0.2, -0.15) is 0 Å². The molecule has 0 fully saturated rings. The molecular formula is C15H13Cl2NOS. The molecule has 104 valence electrons. The average Bonchev–Trinajstić information content (AvgIpc) is 2.44. The third kappa shape index (κ3) is 4.44. The summed E-state index contributed by atoms with van der Waals surface area (Å²) in [6.45, 7) is 0. The van der Waals surface area contributed by atoms with Crippen LogP contribution >= 0.6 is 35.0 Å². The van der Waals surface area contributed by atoms with Crippen molar-refractivity contribution in [1.82, 2.24) is 0 Å². The molecule has 0 radical (unpaired) electrons. The van der Waals surface area contributed by atoms with Crippen LogP contribution in [0, 0.1) is 0 Å². The normalized spacial score (nSPS) is 11.4. The zero-order valence-corrected chi connectivity index (χ0v) is 13.2. The van der Waals surface area contributed by atoms with Crippen molar-refractivity contribution >= 4 is 40.7 Å². The van der Waals surface area contributed by atoms with Crippen molar-refractivity contribution in [2.75, 3.05) is 12.9 Å². The Hall–Kier alpha value is -1.16. The van der Waals surface area contributed by atoms with E-state index in [0.29, 0.717) is 10.8 Å². The molecule has 0 aliphatic heterocycles. The lowest BCUT2D eigenvalue weighted by Gasteiger charge is -2.06. The molecule has 2 aromatic rings. The minimum atomic E-state index is 0.690. The summed E-state index contributed by atoms with van der Waals surface area (Å²) >= 11 is 13.5. The van der Waals surface area contributed by atoms with E-state index in [-0.39, 0.29) is 0 Å². The molecule has 0 N–H and O–H groups in total. The number of nitrogens with zero attached hydrogens (tertiary/aromatic N) is 1. The van der Waals surface area contributed by atoms with Crippen LogP contribution in [0.15, 0.2) is 58.6 Å². The maximum Gasteiger partial charge on any atom is 0.106 e. The third-order valence-corrected chi connectivity index (χ3v) is 4.04. The Balaban J connectivity index is 2.10. The molecule has 0 aliphatic rings. The molecule has 2 rings (SSSR count). The van der Waals surface area contributed by atoms with Gasteiger partial charge in [-0.1, -0.05) is 46.6 Å². The first kappa shape index (κ1) is 15.2. The van der Waals surface area contributed by atoms with Crippen LogP contribution in [0.1, 0.15) is 5.56 Å². The Morgan fingerprint density at radius 1 is 1.10 bits per heavy atom. The van der Waals surface area contributed by atoms with Gasteiger partial charge >= 0.3 is 0 Å². The molecule has 0 spiro atoms. The van der Waals surface area contributed by atoms with E-state index in [1.165, 1.54) is 0 Å². The highest BCUT2D eigenvalue weighted by atomic mass is 35.5. The quantitative estimate of drug-likeness (QED) is 0.431. The van der Waals surface area contributed by atoms with Gasteiger partial charge in [-0.05, 0) is 30.3 Å². The first-order valence-electron chi connectivity index (χ1n) is 5.93. The summed E-state index contributed by atoms with van der Waals surface area (Å²) in [6, 6.07) is 15.3. The van der Waals surface area contributed by atoms with Gasteiger partial charge in [0.15, 0.2) is 0 Å². The molecule has 0 unspecified atom stereocenters. The van der Waals surface area contributed by atoms with Crippen molar-refractivity contribution < 1.29 is 4.84 Å². The topological polar surface area (TPSA) is 21.6 Å². The zero-order valence-electron chi connectivity index (χ0n) is 10.8. The second-order valence-corrected chi connectivity index (χ2v) is 5.90. The number of thioether (sulfide) groups is 1. The van der Waals surface area contributed by atoms with Crippen LogP contribution in [-0.2, 0) is 4.84 Å². The van der Waals surface area contributed by atoms with Crippen LogP contribution in [0.2, 0.25) is 10.0 Å². The third-order valence-electron chi connectivity index (χ3n) is 2.55. The summed E-state index contributed by atoms with van der Waals surface area (Å²) in [5.41, 5.74) is 1.85. The largest absolute Gasteiger partial charge is 0.399 e. The van der Waals surface area contributed by atoms with Crippen molar-refractivity contribution in [2.45, 2.75) is 4.90 Å². The van der Waals surface area contributed by atoms with Gasteiger partial charge in [-0.25, -0.2) is 0 Å². The summed E-state index contributed by atoms with van der Waals surface area (Å²) in [5, 5.41) is 5.51. The number of benzene rings is 2. The van der Waals surface area contributed by atoms with Crippen LogP contribution in [0.4, 0.5) is 0 Å². The van der Waals surface area contributed by atoms with E-state index in [9.17, 15) is 0 Å². The van der Waals surface area contributed by atoms with Crippen molar-refractivity contribution in [3.05, 3.63) is 64.1 Å². The Bertz CT molecular complexity index is 599. The molecule has 0 heterocycles. The molecule has 0 amide bonds. The van der Waals surface area contributed by atoms with Crippen molar-refractivity contribution in [3.8, 4) is 0 Å². The van der Waals surface area contributed by atoms with E-state index in [2.05, 4.69) is 5.16 Å². The number of hydrogen-bond donors (Lipinski definition) is 0. The maximum absolute atomic E-state index is 5.97. The second-order valence-electron chi connectivity index (χ2n) is 3.97. The van der Waals surface area contributed by atoms with Crippen LogP contribution < -0.4 is 0 Å². The van der Waals surface area contributed by atoms with Gasteiger partial charge in [0.25, 0.3) is 0 Å². The van der Waals surface area contributed by atoms with Gasteiger partial charge in [-0.15, -0.1) is 11.8 Å². The van der Waals surface area contributed by atoms with Crippen LogP contribution in [-0.4, -0.2) is 18.6 Å². The Morgan fingerprint density at radius 2 is 1.85 bits per heavy atom. The van der Waals surface area contributed by atoms with Gasteiger partial charge < -0.3 is 4.84 Å². The number of oxime groups is 1. The fourth-order valence-corrected chi connectivity index (χ4v) is 2.91. The highest BCUT2D eigenvalue weighted by Crippen LogP contribution is 2.23. The van der Waals surface area contributed by atoms with E-state index < -0.39 is 0 Å². The van der Waals surface area contributed by atoms with Crippen molar-refractivity contribution in [2.24, 2.45) is 5.16 Å². The predicted molar refractivity (Wildman–Crippen MR) is 87.2 cm³/mol. The average molecular weight is 326 g/mol. The van der Waals surface area contributed by atoms with Crippen LogP contribution in [0.3, 0.4) is 0 Å². The lowest BCUT2D eigenvalue weighted by atomic mass is 10.1. The fourth-order valence-electron chi connectivity index (χ4n) is 1.62. The summed E-state index contributed by atoms with van der Waals surface area (Å²) in [4.78, 5) is 6.01. The second kappa shape index (κ2) is 7.58. The monoisotopic (exact) mass is 325 g/mol. The van der Waals surface area contributed by atoms with Crippen molar-refractivity contribution in [1.29, 1.82) is 0 Å². The lowest BCUT2D eigenvalue weighted by molar-refractivity contribution is 0.213. The predicted octanol–water partition coefficient (Wildman–Crippen LogP) is 5.14. The molecule has 0 saturated heterocycles. The van der Waals surface area contributed by atoms with Gasteiger partial charge in [0, 0.05) is 26.3 Å². The summed E-state index contributed by atoms with van der Waals surface area (Å²) in [7, 11) is 1.54. The smallest absolute Gasteiger partial charge is 0.106 e. The van der Waals surface area contributed by atoms with E-state index in [4.69, 9.17) is 28.0 Å². The Kier molecular flexibility index (Phi) is 5.77. The molecule has 2 nitrogen and oxygen atoms in total. The minimum Gasteiger partial charge on any atom is -0.399 e. The SMILES string of the molecule is CO/N=C(\CSc1cccc(Cl)c1)c1ccc(Cl)cc1. The highest BCUT2D eigenvalue weighted by Gasteiger charge is 2.06. The first-order chi connectivity index (χ1) is 9.69. The van der Waals surface area contributed by atoms with E-state index >= 15 is 0 Å². The summed E-state index contributed by atoms with van der Waals surface area (Å²) in [6.07, 6.45) is 0. The standard InChI is InChI=1S/C15H13Cl2NOS/c1-19-18-15(11-5-7-12(16)8-6-11)10-20-14-4-2-3-13(17)9-14/h2-9H,10H2,1H3/b18-15+. The Labute approximate surface area is 132 Å². The van der Waals surface area contributed by atoms with Gasteiger partial charge in [0.2, 0.25) is 0 Å². The molecule has 0 aliphatic carbocycles. The van der Waals surface area contributed by atoms with Gasteiger partial charge in [0.1, 0.15) is 7.11 Å². The van der Waals surface area contributed by atoms with E-state index in [1.807, 2.05) is 48.5 Å². The van der Waals surface area contributed by atoms with Gasteiger partial charge in [-0.3, -0.25) is 0 Å². The Morgan fingerprint density at radius 3 is 2.50 bits per heavy atom. The molecule has 2 aromatic carbocycles. The maximum atomic E-state index is 5.97. The summed E-state index contributed by atoms with van der Waals surface area (Å²) < 4.78 is 0.